The lowest BCUT2D eigenvalue weighted by Gasteiger charge is -2.07. The van der Waals surface area contributed by atoms with Gasteiger partial charge in [-0.2, -0.15) is 0 Å². The third-order valence-corrected chi connectivity index (χ3v) is 3.83. The van der Waals surface area contributed by atoms with E-state index in [1.54, 1.807) is 31.2 Å². The molecule has 21 heavy (non-hydrogen) atoms. The molecule has 0 bridgehead atoms. The number of pyridine rings is 1. The summed E-state index contributed by atoms with van der Waals surface area (Å²) in [6.07, 6.45) is 1.24. The average molecular weight is 307 g/mol. The molecule has 0 saturated carbocycles. The highest BCUT2D eigenvalue weighted by atomic mass is 32.2. The quantitative estimate of drug-likeness (QED) is 0.382. The Labute approximate surface area is 125 Å². The molecule has 0 unspecified atom stereocenters. The van der Waals surface area contributed by atoms with Crippen molar-refractivity contribution in [1.82, 2.24) is 4.98 Å². The molecule has 110 valence electrons. The van der Waals surface area contributed by atoms with Crippen molar-refractivity contribution in [2.45, 2.75) is 11.8 Å². The van der Waals surface area contributed by atoms with E-state index < -0.39 is 4.92 Å². The Morgan fingerprint density at radius 1 is 1.43 bits per heavy atom. The third kappa shape index (κ3) is 4.16. The van der Waals surface area contributed by atoms with Crippen LogP contribution in [0.5, 0.6) is 0 Å². The van der Waals surface area contributed by atoms with E-state index in [1.807, 2.05) is 0 Å². The van der Waals surface area contributed by atoms with E-state index in [0.29, 0.717) is 28.6 Å². The smallest absolute Gasteiger partial charge is 0.290 e. The molecular weight excluding hydrogens is 293 g/mol. The third-order valence-electron chi connectivity index (χ3n) is 2.78. The summed E-state index contributed by atoms with van der Waals surface area (Å²) in [5.74, 6) is 1.01. The van der Waals surface area contributed by atoms with E-state index in [1.165, 1.54) is 24.0 Å². The summed E-state index contributed by atoms with van der Waals surface area (Å²) in [7, 11) is 0. The number of halogens is 1. The van der Waals surface area contributed by atoms with E-state index in [4.69, 9.17) is 0 Å². The van der Waals surface area contributed by atoms with Crippen LogP contribution >= 0.6 is 11.8 Å². The highest BCUT2D eigenvalue weighted by molar-refractivity contribution is 7.99. The number of anilines is 1. The van der Waals surface area contributed by atoms with E-state index >= 15 is 0 Å². The zero-order valence-electron chi connectivity index (χ0n) is 11.4. The summed E-state index contributed by atoms with van der Waals surface area (Å²) < 4.78 is 13.4. The molecule has 5 nitrogen and oxygen atoms in total. The fourth-order valence-corrected chi connectivity index (χ4v) is 2.54. The molecule has 0 amide bonds. The molecule has 0 aliphatic rings. The number of aryl methyl sites for hydroxylation is 1. The summed E-state index contributed by atoms with van der Waals surface area (Å²) in [6.45, 7) is 2.25. The van der Waals surface area contributed by atoms with Crippen LogP contribution in [0.25, 0.3) is 0 Å². The maximum Gasteiger partial charge on any atom is 0.290 e. The fourth-order valence-electron chi connectivity index (χ4n) is 1.74. The average Bonchev–Trinajstić information content (AvgIpc) is 2.45. The normalized spacial score (nSPS) is 10.4. The number of hydrogen-bond donors (Lipinski definition) is 1. The van der Waals surface area contributed by atoms with Gasteiger partial charge < -0.3 is 5.32 Å². The minimum atomic E-state index is -0.458. The predicted octanol–water partition coefficient (Wildman–Crippen LogP) is 3.64. The van der Waals surface area contributed by atoms with Gasteiger partial charge in [-0.25, -0.2) is 9.37 Å². The van der Waals surface area contributed by atoms with Crippen LogP contribution < -0.4 is 5.32 Å². The van der Waals surface area contributed by atoms with Gasteiger partial charge in [0, 0.05) is 22.8 Å². The van der Waals surface area contributed by atoms with Crippen LogP contribution in [0.15, 0.2) is 41.4 Å². The van der Waals surface area contributed by atoms with Crippen molar-refractivity contribution in [3.63, 3.8) is 0 Å². The Hall–Kier alpha value is -2.15. The SMILES string of the molecule is Cc1cc(NCCSc2ccccc2F)ncc1[N+](=O)[O-]. The van der Waals surface area contributed by atoms with Crippen LogP contribution in [-0.4, -0.2) is 22.2 Å². The van der Waals surface area contributed by atoms with Gasteiger partial charge in [-0.3, -0.25) is 10.1 Å². The van der Waals surface area contributed by atoms with Crippen LogP contribution in [-0.2, 0) is 0 Å². The zero-order valence-corrected chi connectivity index (χ0v) is 12.2. The van der Waals surface area contributed by atoms with Gasteiger partial charge in [-0.15, -0.1) is 11.8 Å². The fraction of sp³-hybridized carbons (Fsp3) is 0.214. The second kappa shape index (κ2) is 7.03. The molecule has 2 aromatic rings. The number of hydrogen-bond acceptors (Lipinski definition) is 5. The molecule has 0 fully saturated rings. The first-order chi connectivity index (χ1) is 10.1. The molecule has 1 heterocycles. The van der Waals surface area contributed by atoms with E-state index in [-0.39, 0.29) is 11.5 Å². The molecule has 1 aromatic heterocycles. The van der Waals surface area contributed by atoms with Crippen molar-refractivity contribution in [1.29, 1.82) is 0 Å². The number of aromatic nitrogens is 1. The number of nitro groups is 1. The molecule has 2 rings (SSSR count). The number of rotatable bonds is 6. The summed E-state index contributed by atoms with van der Waals surface area (Å²) >= 11 is 1.41. The summed E-state index contributed by atoms with van der Waals surface area (Å²) in [4.78, 5) is 14.8. The Morgan fingerprint density at radius 2 is 2.19 bits per heavy atom. The minimum absolute atomic E-state index is 0.00119. The van der Waals surface area contributed by atoms with Crippen molar-refractivity contribution >= 4 is 23.3 Å². The molecule has 1 aromatic carbocycles. The van der Waals surface area contributed by atoms with E-state index in [9.17, 15) is 14.5 Å². The summed E-state index contributed by atoms with van der Waals surface area (Å²) in [5, 5.41) is 13.8. The standard InChI is InChI=1S/C14H14FN3O2S/c1-10-8-14(17-9-12(10)18(19)20)16-6-7-21-13-5-3-2-4-11(13)15/h2-5,8-9H,6-7H2,1H3,(H,16,17). The van der Waals surface area contributed by atoms with Crippen molar-refractivity contribution < 1.29 is 9.31 Å². The second-order valence-corrected chi connectivity index (χ2v) is 5.46. The molecule has 7 heteroatoms. The van der Waals surface area contributed by atoms with Gasteiger partial charge in [0.05, 0.1) is 4.92 Å². The van der Waals surface area contributed by atoms with Crippen molar-refractivity contribution in [3.05, 3.63) is 58.0 Å². The number of thioether (sulfide) groups is 1. The van der Waals surface area contributed by atoms with E-state index in [2.05, 4.69) is 10.3 Å². The van der Waals surface area contributed by atoms with Crippen LogP contribution in [0.2, 0.25) is 0 Å². The highest BCUT2D eigenvalue weighted by Gasteiger charge is 2.11. The molecule has 0 radical (unpaired) electrons. The van der Waals surface area contributed by atoms with Crippen molar-refractivity contribution in [2.24, 2.45) is 0 Å². The zero-order chi connectivity index (χ0) is 15.2. The van der Waals surface area contributed by atoms with Crippen molar-refractivity contribution in [2.75, 3.05) is 17.6 Å². The Bertz CT molecular complexity index is 652. The minimum Gasteiger partial charge on any atom is -0.369 e. The lowest BCUT2D eigenvalue weighted by molar-refractivity contribution is -0.385. The Balaban J connectivity index is 1.85. The number of nitrogens with zero attached hydrogens (tertiary/aromatic N) is 2. The monoisotopic (exact) mass is 307 g/mol. The van der Waals surface area contributed by atoms with Gasteiger partial charge in [0.1, 0.15) is 17.8 Å². The van der Waals surface area contributed by atoms with Gasteiger partial charge in [0.2, 0.25) is 0 Å². The van der Waals surface area contributed by atoms with Crippen LogP contribution in [0.3, 0.4) is 0 Å². The molecule has 0 aliphatic heterocycles. The number of nitrogens with one attached hydrogen (secondary N) is 1. The molecule has 0 saturated heterocycles. The lowest BCUT2D eigenvalue weighted by atomic mass is 10.2. The van der Waals surface area contributed by atoms with Crippen LogP contribution in [0.1, 0.15) is 5.56 Å². The first-order valence-corrected chi connectivity index (χ1v) is 7.28. The maximum absolute atomic E-state index is 13.4. The van der Waals surface area contributed by atoms with Crippen LogP contribution in [0, 0.1) is 22.9 Å². The van der Waals surface area contributed by atoms with Crippen LogP contribution in [0.4, 0.5) is 15.9 Å². The van der Waals surface area contributed by atoms with Gasteiger partial charge in [0.15, 0.2) is 0 Å². The number of benzene rings is 1. The maximum atomic E-state index is 13.4. The van der Waals surface area contributed by atoms with Gasteiger partial charge in [0.25, 0.3) is 5.69 Å². The molecule has 1 N–H and O–H groups in total. The summed E-state index contributed by atoms with van der Waals surface area (Å²) in [6, 6.07) is 8.23. The molecule has 0 atom stereocenters. The highest BCUT2D eigenvalue weighted by Crippen LogP contribution is 2.21. The topological polar surface area (TPSA) is 68.1 Å². The largest absolute Gasteiger partial charge is 0.369 e. The predicted molar refractivity (Wildman–Crippen MR) is 81.2 cm³/mol. The first-order valence-electron chi connectivity index (χ1n) is 6.30. The molecule has 0 aliphatic carbocycles. The molecular formula is C14H14FN3O2S. The lowest BCUT2D eigenvalue weighted by Crippen LogP contribution is -2.06. The van der Waals surface area contributed by atoms with Crippen molar-refractivity contribution in [3.8, 4) is 0 Å². The second-order valence-electron chi connectivity index (χ2n) is 4.32. The first kappa shape index (κ1) is 15.2. The van der Waals surface area contributed by atoms with Gasteiger partial charge in [-0.1, -0.05) is 12.1 Å². The molecule has 0 spiro atoms. The van der Waals surface area contributed by atoms with Gasteiger partial charge >= 0.3 is 0 Å². The van der Waals surface area contributed by atoms with Gasteiger partial charge in [-0.05, 0) is 25.1 Å². The summed E-state index contributed by atoms with van der Waals surface area (Å²) in [5.41, 5.74) is 0.556. The Morgan fingerprint density at radius 3 is 2.86 bits per heavy atom. The van der Waals surface area contributed by atoms with E-state index in [0.717, 1.165) is 0 Å². The Kier molecular flexibility index (Phi) is 5.10.